The van der Waals surface area contributed by atoms with Crippen molar-refractivity contribution in [3.05, 3.63) is 0 Å². The molecule has 0 spiro atoms. The van der Waals surface area contributed by atoms with Crippen molar-refractivity contribution in [2.24, 2.45) is 11.3 Å². The second kappa shape index (κ2) is 2.01. The summed E-state index contributed by atoms with van der Waals surface area (Å²) < 4.78 is 5.67. The Labute approximate surface area is 69.1 Å². The minimum absolute atomic E-state index is 0.283. The molecule has 0 aromatic rings. The fourth-order valence-electron chi connectivity index (χ4n) is 3.26. The van der Waals surface area contributed by atoms with Crippen molar-refractivity contribution in [1.82, 2.24) is 0 Å². The molecule has 2 aliphatic carbocycles. The van der Waals surface area contributed by atoms with E-state index < -0.39 is 0 Å². The van der Waals surface area contributed by atoms with Crippen LogP contribution in [0.25, 0.3) is 0 Å². The van der Waals surface area contributed by atoms with E-state index in [4.69, 9.17) is 4.74 Å². The fourth-order valence-corrected chi connectivity index (χ4v) is 3.26. The van der Waals surface area contributed by atoms with Gasteiger partial charge in [-0.2, -0.15) is 0 Å². The summed E-state index contributed by atoms with van der Waals surface area (Å²) in [6.45, 7) is 4.71. The van der Waals surface area contributed by atoms with Gasteiger partial charge in [0.15, 0.2) is 0 Å². The lowest BCUT2D eigenvalue weighted by Crippen LogP contribution is -2.21. The van der Waals surface area contributed by atoms with E-state index >= 15 is 0 Å². The number of hydrogen-bond acceptors (Lipinski definition) is 1. The van der Waals surface area contributed by atoms with Gasteiger partial charge in [-0.3, -0.25) is 0 Å². The van der Waals surface area contributed by atoms with Crippen LogP contribution in [-0.2, 0) is 4.74 Å². The molecule has 2 rings (SSSR count). The van der Waals surface area contributed by atoms with E-state index in [-0.39, 0.29) is 5.60 Å². The minimum Gasteiger partial charge on any atom is -0.377 e. The van der Waals surface area contributed by atoms with Crippen LogP contribution in [0.1, 0.15) is 39.5 Å². The molecule has 2 saturated carbocycles. The van der Waals surface area contributed by atoms with Crippen molar-refractivity contribution < 1.29 is 4.74 Å². The molecule has 64 valence electrons. The molecular weight excluding hydrogens is 136 g/mol. The van der Waals surface area contributed by atoms with E-state index in [1.165, 1.54) is 25.7 Å². The van der Waals surface area contributed by atoms with Gasteiger partial charge in [0.1, 0.15) is 0 Å². The van der Waals surface area contributed by atoms with E-state index in [0.717, 1.165) is 5.92 Å². The largest absolute Gasteiger partial charge is 0.377 e. The Kier molecular flexibility index (Phi) is 1.39. The Hall–Kier alpha value is -0.0400. The van der Waals surface area contributed by atoms with Gasteiger partial charge in [-0.05, 0) is 24.2 Å². The maximum absolute atomic E-state index is 5.67. The average Bonchev–Trinajstić information content (AvgIpc) is 2.52. The third-order valence-corrected chi connectivity index (χ3v) is 4.10. The predicted molar refractivity (Wildman–Crippen MR) is 45.5 cm³/mol. The quantitative estimate of drug-likeness (QED) is 0.564. The summed E-state index contributed by atoms with van der Waals surface area (Å²) in [6.07, 6.45) is 5.47. The van der Waals surface area contributed by atoms with Crippen molar-refractivity contribution in [2.45, 2.75) is 45.1 Å². The summed E-state index contributed by atoms with van der Waals surface area (Å²) >= 11 is 0. The summed E-state index contributed by atoms with van der Waals surface area (Å²) in [7, 11) is 1.88. The number of fused-ring (bicyclic) bond motifs is 1. The van der Waals surface area contributed by atoms with Gasteiger partial charge in [0.05, 0.1) is 5.60 Å². The molecule has 0 aromatic carbocycles. The number of rotatable bonds is 1. The molecule has 0 N–H and O–H groups in total. The Morgan fingerprint density at radius 3 is 2.45 bits per heavy atom. The SMILES string of the molecule is COC12CCCCC1C2(C)C. The Morgan fingerprint density at radius 1 is 1.27 bits per heavy atom. The summed E-state index contributed by atoms with van der Waals surface area (Å²) in [6, 6.07) is 0. The third kappa shape index (κ3) is 0.703. The highest BCUT2D eigenvalue weighted by atomic mass is 16.5. The van der Waals surface area contributed by atoms with Gasteiger partial charge in [0.2, 0.25) is 0 Å². The van der Waals surface area contributed by atoms with Crippen LogP contribution in [0.3, 0.4) is 0 Å². The van der Waals surface area contributed by atoms with Crippen LogP contribution in [0.5, 0.6) is 0 Å². The van der Waals surface area contributed by atoms with Gasteiger partial charge >= 0.3 is 0 Å². The van der Waals surface area contributed by atoms with E-state index in [9.17, 15) is 0 Å². The van der Waals surface area contributed by atoms with Gasteiger partial charge in [-0.1, -0.05) is 26.7 Å². The molecule has 1 nitrogen and oxygen atoms in total. The van der Waals surface area contributed by atoms with Crippen LogP contribution >= 0.6 is 0 Å². The molecule has 2 fully saturated rings. The first-order chi connectivity index (χ1) is 5.15. The average molecular weight is 154 g/mol. The second-order valence-electron chi connectivity index (χ2n) is 4.61. The summed E-state index contributed by atoms with van der Waals surface area (Å²) in [4.78, 5) is 0. The van der Waals surface area contributed by atoms with Crippen LogP contribution in [0.4, 0.5) is 0 Å². The minimum atomic E-state index is 0.283. The maximum atomic E-state index is 5.67. The lowest BCUT2D eigenvalue weighted by molar-refractivity contribution is 0.0240. The van der Waals surface area contributed by atoms with Crippen molar-refractivity contribution >= 4 is 0 Å². The molecule has 11 heavy (non-hydrogen) atoms. The first-order valence-electron chi connectivity index (χ1n) is 4.70. The Balaban J connectivity index is 2.20. The molecule has 0 heterocycles. The van der Waals surface area contributed by atoms with E-state index in [1.807, 2.05) is 7.11 Å². The lowest BCUT2D eigenvalue weighted by Gasteiger charge is -2.21. The highest BCUT2D eigenvalue weighted by Gasteiger charge is 2.71. The topological polar surface area (TPSA) is 9.23 Å². The van der Waals surface area contributed by atoms with E-state index in [0.29, 0.717) is 5.41 Å². The van der Waals surface area contributed by atoms with Crippen LogP contribution in [-0.4, -0.2) is 12.7 Å². The summed E-state index contributed by atoms with van der Waals surface area (Å²) in [5, 5.41) is 0. The molecule has 1 heteroatoms. The summed E-state index contributed by atoms with van der Waals surface area (Å²) in [5.74, 6) is 0.855. The standard InChI is InChI=1S/C10H18O/c1-9(2)8-6-4-5-7-10(8,9)11-3/h8H,4-7H2,1-3H3. The lowest BCUT2D eigenvalue weighted by atomic mass is 9.97. The molecule has 2 atom stereocenters. The number of methoxy groups -OCH3 is 1. The fraction of sp³-hybridized carbons (Fsp3) is 1.00. The van der Waals surface area contributed by atoms with Gasteiger partial charge in [0.25, 0.3) is 0 Å². The van der Waals surface area contributed by atoms with E-state index in [1.54, 1.807) is 0 Å². The van der Waals surface area contributed by atoms with Gasteiger partial charge < -0.3 is 4.74 Å². The zero-order valence-corrected chi connectivity index (χ0v) is 7.81. The van der Waals surface area contributed by atoms with Gasteiger partial charge in [0, 0.05) is 7.11 Å². The monoisotopic (exact) mass is 154 g/mol. The molecule has 0 bridgehead atoms. The first-order valence-corrected chi connectivity index (χ1v) is 4.70. The molecule has 0 radical (unpaired) electrons. The first kappa shape index (κ1) is 7.60. The molecule has 0 aromatic heterocycles. The summed E-state index contributed by atoms with van der Waals surface area (Å²) in [5.41, 5.74) is 0.753. The predicted octanol–water partition coefficient (Wildman–Crippen LogP) is 2.60. The van der Waals surface area contributed by atoms with Crippen LogP contribution in [0.15, 0.2) is 0 Å². The number of hydrogen-bond donors (Lipinski definition) is 0. The second-order valence-corrected chi connectivity index (χ2v) is 4.61. The highest BCUT2D eigenvalue weighted by Crippen LogP contribution is 2.69. The normalized spacial score (nSPS) is 46.6. The highest BCUT2D eigenvalue weighted by molar-refractivity contribution is 5.21. The van der Waals surface area contributed by atoms with Crippen LogP contribution in [0, 0.1) is 11.3 Å². The van der Waals surface area contributed by atoms with Crippen molar-refractivity contribution in [1.29, 1.82) is 0 Å². The molecule has 0 amide bonds. The number of ether oxygens (including phenoxy) is 1. The molecule has 2 unspecified atom stereocenters. The van der Waals surface area contributed by atoms with Crippen molar-refractivity contribution in [2.75, 3.05) is 7.11 Å². The van der Waals surface area contributed by atoms with E-state index in [2.05, 4.69) is 13.8 Å². The van der Waals surface area contributed by atoms with Crippen molar-refractivity contribution in [3.8, 4) is 0 Å². The maximum Gasteiger partial charge on any atom is 0.0767 e. The van der Waals surface area contributed by atoms with Crippen molar-refractivity contribution in [3.63, 3.8) is 0 Å². The Morgan fingerprint density at radius 2 is 2.00 bits per heavy atom. The smallest absolute Gasteiger partial charge is 0.0767 e. The zero-order chi connectivity index (χ0) is 8.11. The molecule has 0 saturated heterocycles. The zero-order valence-electron chi connectivity index (χ0n) is 7.81. The van der Waals surface area contributed by atoms with Crippen LogP contribution < -0.4 is 0 Å². The van der Waals surface area contributed by atoms with Gasteiger partial charge in [-0.15, -0.1) is 0 Å². The molecular formula is C10H18O. The van der Waals surface area contributed by atoms with Gasteiger partial charge in [-0.25, -0.2) is 0 Å². The molecule has 0 aliphatic heterocycles. The molecule has 2 aliphatic rings. The third-order valence-electron chi connectivity index (χ3n) is 4.10. The Bertz CT molecular complexity index is 174. The van der Waals surface area contributed by atoms with Crippen LogP contribution in [0.2, 0.25) is 0 Å².